The van der Waals surface area contributed by atoms with Gasteiger partial charge in [-0.05, 0) is 30.9 Å². The number of aliphatic hydroxyl groups is 2. The first kappa shape index (κ1) is 25.1. The molecule has 1 aromatic heterocycles. The molecule has 3 aromatic rings. The molecule has 1 saturated carbocycles. The highest BCUT2D eigenvalue weighted by Crippen LogP contribution is 2.28. The van der Waals surface area contributed by atoms with E-state index in [-0.39, 0.29) is 47.7 Å². The highest BCUT2D eigenvalue weighted by molar-refractivity contribution is 6.30. The second-order valence-electron chi connectivity index (χ2n) is 8.76. The normalized spacial score (nSPS) is 18.2. The van der Waals surface area contributed by atoms with E-state index in [9.17, 15) is 24.2 Å². The maximum atomic E-state index is 14.1. The summed E-state index contributed by atoms with van der Waals surface area (Å²) in [6, 6.07) is 11.6. The Labute approximate surface area is 206 Å². The number of carbonyl (C=O) groups excluding carboxylic acids is 2. The van der Waals surface area contributed by atoms with E-state index in [2.05, 4.69) is 10.4 Å². The molecule has 0 radical (unpaired) electrons. The molecule has 1 atom stereocenters. The molecule has 1 heterocycles. The van der Waals surface area contributed by atoms with E-state index in [1.54, 1.807) is 30.3 Å². The number of nitrogens with one attached hydrogen (secondary N) is 1. The van der Waals surface area contributed by atoms with Crippen molar-refractivity contribution in [2.75, 3.05) is 13.1 Å². The van der Waals surface area contributed by atoms with Crippen molar-refractivity contribution in [1.29, 1.82) is 0 Å². The van der Waals surface area contributed by atoms with Crippen molar-refractivity contribution in [1.82, 2.24) is 20.0 Å². The fourth-order valence-electron chi connectivity index (χ4n) is 4.24. The average Bonchev–Trinajstić information content (AvgIpc) is 3.17. The first-order valence-corrected chi connectivity index (χ1v) is 11.6. The van der Waals surface area contributed by atoms with Crippen molar-refractivity contribution in [3.63, 3.8) is 0 Å². The van der Waals surface area contributed by atoms with E-state index in [0.29, 0.717) is 30.3 Å². The summed E-state index contributed by atoms with van der Waals surface area (Å²) in [6.45, 7) is -0.185. The lowest BCUT2D eigenvalue weighted by Crippen LogP contribution is -2.47. The average molecular weight is 504 g/mol. The van der Waals surface area contributed by atoms with Gasteiger partial charge in [-0.25, -0.2) is 4.39 Å². The quantitative estimate of drug-likeness (QED) is 0.328. The van der Waals surface area contributed by atoms with E-state index in [1.807, 2.05) is 0 Å². The summed E-state index contributed by atoms with van der Waals surface area (Å²) in [5.74, 6) is -1.35. The van der Waals surface area contributed by atoms with Crippen molar-refractivity contribution in [3.05, 3.63) is 64.6 Å². The third kappa shape index (κ3) is 5.79. The number of rotatable bonds is 9. The maximum absolute atomic E-state index is 14.1. The molecule has 0 aliphatic heterocycles. The second-order valence-corrected chi connectivity index (χ2v) is 9.17. The molecule has 9 nitrogen and oxygen atoms in total. The van der Waals surface area contributed by atoms with Crippen LogP contribution in [0.25, 0.3) is 10.9 Å². The fraction of sp³-hybridized carbons (Fsp3) is 0.375. The van der Waals surface area contributed by atoms with Crippen LogP contribution in [0.5, 0.6) is 0 Å². The molecular weight excluding hydrogens is 477 g/mol. The number of nitrogens with zero attached hydrogens (tertiary/aromatic N) is 3. The molecule has 2 amide bonds. The Morgan fingerprint density at radius 1 is 1.26 bits per heavy atom. The predicted octanol–water partition coefficient (Wildman–Crippen LogP) is 1.69. The Morgan fingerprint density at radius 2 is 2.00 bits per heavy atom. The number of amides is 2. The Bertz CT molecular complexity index is 1230. The standard InChI is InChI=1S/C24H27ClFN5O4/c25-18-6-3-4-15(22(18)26)10-28-20(33)12-30(11-14-8-16(32)9-14)21(34)13-31-19-7-2-1-5-17(19)23(29-31)24(27)35/h1-7,14,16,24,32,35H,8-13,27H2,(H,28,33)/t14-,16-,24?. The largest absolute Gasteiger partial charge is 0.393 e. The Kier molecular flexibility index (Phi) is 7.66. The van der Waals surface area contributed by atoms with Gasteiger partial charge >= 0.3 is 0 Å². The van der Waals surface area contributed by atoms with E-state index >= 15 is 0 Å². The fourth-order valence-corrected chi connectivity index (χ4v) is 4.44. The topological polar surface area (TPSA) is 134 Å². The molecule has 186 valence electrons. The number of carbonyl (C=O) groups is 2. The Balaban J connectivity index is 1.47. The van der Waals surface area contributed by atoms with Crippen LogP contribution in [0.1, 0.15) is 30.3 Å². The zero-order valence-corrected chi connectivity index (χ0v) is 19.7. The number of fused-ring (bicyclic) bond motifs is 1. The first-order valence-electron chi connectivity index (χ1n) is 11.3. The summed E-state index contributed by atoms with van der Waals surface area (Å²) >= 11 is 5.79. The van der Waals surface area contributed by atoms with Crippen molar-refractivity contribution in [2.45, 2.75) is 38.3 Å². The molecule has 0 spiro atoms. The summed E-state index contributed by atoms with van der Waals surface area (Å²) in [7, 11) is 0. The molecule has 1 aliphatic rings. The third-order valence-corrected chi connectivity index (χ3v) is 6.43. The summed E-state index contributed by atoms with van der Waals surface area (Å²) in [5, 5.41) is 27.0. The van der Waals surface area contributed by atoms with E-state index in [4.69, 9.17) is 17.3 Å². The number of para-hydroxylation sites is 1. The molecule has 1 aliphatic carbocycles. The van der Waals surface area contributed by atoms with Crippen molar-refractivity contribution in [3.8, 4) is 0 Å². The van der Waals surface area contributed by atoms with Crippen LogP contribution >= 0.6 is 11.6 Å². The molecule has 11 heteroatoms. The van der Waals surface area contributed by atoms with Crippen LogP contribution in [0.3, 0.4) is 0 Å². The van der Waals surface area contributed by atoms with Crippen LogP contribution < -0.4 is 11.1 Å². The molecule has 5 N–H and O–H groups in total. The van der Waals surface area contributed by atoms with Gasteiger partial charge in [0.05, 0.1) is 23.2 Å². The Hall–Kier alpha value is -3.05. The summed E-state index contributed by atoms with van der Waals surface area (Å²) < 4.78 is 15.6. The number of aliphatic hydroxyl groups excluding tert-OH is 2. The Morgan fingerprint density at radius 3 is 2.71 bits per heavy atom. The molecule has 35 heavy (non-hydrogen) atoms. The summed E-state index contributed by atoms with van der Waals surface area (Å²) in [4.78, 5) is 27.3. The van der Waals surface area contributed by atoms with Gasteiger partial charge in [-0.2, -0.15) is 5.10 Å². The van der Waals surface area contributed by atoms with E-state index in [0.717, 1.165) is 0 Å². The summed E-state index contributed by atoms with van der Waals surface area (Å²) in [5.41, 5.74) is 6.74. The number of benzene rings is 2. The monoisotopic (exact) mass is 503 g/mol. The minimum Gasteiger partial charge on any atom is -0.393 e. The highest BCUT2D eigenvalue weighted by atomic mass is 35.5. The molecule has 1 unspecified atom stereocenters. The van der Waals surface area contributed by atoms with Gasteiger partial charge in [0.2, 0.25) is 11.8 Å². The zero-order chi connectivity index (χ0) is 25.1. The lowest BCUT2D eigenvalue weighted by Gasteiger charge is -2.35. The van der Waals surface area contributed by atoms with Gasteiger partial charge in [-0.15, -0.1) is 0 Å². The molecule has 1 fully saturated rings. The van der Waals surface area contributed by atoms with Crippen molar-refractivity contribution >= 4 is 34.3 Å². The van der Waals surface area contributed by atoms with Crippen LogP contribution in [0, 0.1) is 11.7 Å². The van der Waals surface area contributed by atoms with Gasteiger partial charge < -0.3 is 26.2 Å². The van der Waals surface area contributed by atoms with Crippen LogP contribution in [0.4, 0.5) is 4.39 Å². The lowest BCUT2D eigenvalue weighted by atomic mass is 9.82. The highest BCUT2D eigenvalue weighted by Gasteiger charge is 2.31. The molecule has 0 saturated heterocycles. The molecular formula is C24H27ClFN5O4. The van der Waals surface area contributed by atoms with Gasteiger partial charge in [-0.1, -0.05) is 41.9 Å². The van der Waals surface area contributed by atoms with Gasteiger partial charge in [0, 0.05) is 24.0 Å². The lowest BCUT2D eigenvalue weighted by molar-refractivity contribution is -0.138. The van der Waals surface area contributed by atoms with E-state index in [1.165, 1.54) is 21.7 Å². The van der Waals surface area contributed by atoms with Crippen LogP contribution in [0.2, 0.25) is 5.02 Å². The van der Waals surface area contributed by atoms with Crippen molar-refractivity contribution < 1.29 is 24.2 Å². The minimum atomic E-state index is -1.30. The smallest absolute Gasteiger partial charge is 0.244 e. The van der Waals surface area contributed by atoms with E-state index < -0.39 is 24.1 Å². The zero-order valence-electron chi connectivity index (χ0n) is 18.9. The van der Waals surface area contributed by atoms with Gasteiger partial charge in [-0.3, -0.25) is 14.3 Å². The second kappa shape index (κ2) is 10.7. The molecule has 0 bridgehead atoms. The maximum Gasteiger partial charge on any atom is 0.244 e. The van der Waals surface area contributed by atoms with Gasteiger partial charge in [0.1, 0.15) is 24.3 Å². The van der Waals surface area contributed by atoms with Crippen LogP contribution in [0.15, 0.2) is 42.5 Å². The number of nitrogens with two attached hydrogens (primary N) is 1. The summed E-state index contributed by atoms with van der Waals surface area (Å²) in [6.07, 6.45) is -0.609. The molecule has 4 rings (SSSR count). The predicted molar refractivity (Wildman–Crippen MR) is 127 cm³/mol. The number of halogens is 2. The minimum absolute atomic E-state index is 0.0366. The third-order valence-electron chi connectivity index (χ3n) is 6.14. The SMILES string of the molecule is NC(O)c1nn(CC(=O)N(CC(=O)NCc2cccc(Cl)c2F)C[C@H]2C[C@H](O)C2)c2ccccc12. The van der Waals surface area contributed by atoms with Crippen molar-refractivity contribution in [2.24, 2.45) is 11.7 Å². The first-order chi connectivity index (χ1) is 16.7. The molecule has 2 aromatic carbocycles. The number of hydrogen-bond acceptors (Lipinski definition) is 6. The van der Waals surface area contributed by atoms with Crippen LogP contribution in [-0.4, -0.2) is 55.9 Å². The number of hydrogen-bond donors (Lipinski definition) is 4. The van der Waals surface area contributed by atoms with Gasteiger partial charge in [0.25, 0.3) is 0 Å². The van der Waals surface area contributed by atoms with Gasteiger partial charge in [0.15, 0.2) is 0 Å². The number of aromatic nitrogens is 2. The van der Waals surface area contributed by atoms with Crippen LogP contribution in [-0.2, 0) is 22.7 Å².